The van der Waals surface area contributed by atoms with E-state index in [0.29, 0.717) is 36.3 Å². The molecule has 0 radical (unpaired) electrons. The van der Waals surface area contributed by atoms with Crippen LogP contribution in [0.3, 0.4) is 0 Å². The van der Waals surface area contributed by atoms with E-state index in [1.54, 1.807) is 0 Å². The molecule has 3 rings (SSSR count). The van der Waals surface area contributed by atoms with Crippen molar-refractivity contribution in [2.75, 3.05) is 19.6 Å². The van der Waals surface area contributed by atoms with Crippen LogP contribution in [0.4, 0.5) is 0 Å². The molecule has 51 heavy (non-hydrogen) atoms. The van der Waals surface area contributed by atoms with Gasteiger partial charge in [-0.2, -0.15) is 0 Å². The number of benzene rings is 1. The normalized spacial score (nSPS) is 15.2. The Kier molecular flexibility index (Phi) is 35.5. The highest BCUT2D eigenvalue weighted by molar-refractivity contribution is 5.14. The maximum Gasteiger partial charge on any atom is 0.0101 e. The van der Waals surface area contributed by atoms with Crippen molar-refractivity contribution in [3.05, 3.63) is 35.9 Å². The lowest BCUT2D eigenvalue weighted by atomic mass is 9.92. The number of nitrogens with one attached hydrogen (secondary N) is 4. The molecule has 0 atom stereocenters. The first-order valence-electron chi connectivity index (χ1n) is 21.9. The molecule has 0 saturated heterocycles. The summed E-state index contributed by atoms with van der Waals surface area (Å²) in [5.41, 5.74) is 1.41. The molecular weight excluding hydrogens is 623 g/mol. The lowest BCUT2D eigenvalue weighted by Gasteiger charge is -2.40. The van der Waals surface area contributed by atoms with Crippen molar-refractivity contribution in [2.24, 2.45) is 5.92 Å². The smallest absolute Gasteiger partial charge is 0.0101 e. The fourth-order valence-electron chi connectivity index (χ4n) is 6.76. The summed E-state index contributed by atoms with van der Waals surface area (Å²) in [5, 5.41) is 13.7. The standard InChI is InChI=1S/C12H25N.C11H17N.C8H17N.C8H19N.C7H17N/c1-10(2)13(11(3)4)12-8-6-5-7-9-12;1-10(2)12-9-8-11-6-4-3-5-7-11;1-7(2)9-8-5-3-4-6-8;1-7(2)5-6-9-8(3)4;1-4-5-6-8-7(2)3/h10-12H,5-9H2,1-4H3;3-7,10,12H,8-9H2,1-2H3;7-9H,3-6H2,1-2H3;7-9H,5-6H2,1-4H3;7-8H,4-6H2,1-3H3. The molecule has 2 fully saturated rings. The van der Waals surface area contributed by atoms with Gasteiger partial charge in [-0.05, 0) is 104 Å². The lowest BCUT2D eigenvalue weighted by Crippen LogP contribution is -2.45. The van der Waals surface area contributed by atoms with Crippen molar-refractivity contribution in [3.63, 3.8) is 0 Å². The zero-order chi connectivity index (χ0) is 39.0. The van der Waals surface area contributed by atoms with Gasteiger partial charge in [-0.3, -0.25) is 4.90 Å². The van der Waals surface area contributed by atoms with E-state index in [0.717, 1.165) is 37.5 Å². The van der Waals surface area contributed by atoms with Gasteiger partial charge in [0.25, 0.3) is 0 Å². The molecule has 304 valence electrons. The van der Waals surface area contributed by atoms with Crippen molar-refractivity contribution in [2.45, 2.75) is 236 Å². The van der Waals surface area contributed by atoms with E-state index in [9.17, 15) is 0 Å². The van der Waals surface area contributed by atoms with Gasteiger partial charge in [0, 0.05) is 48.3 Å². The number of hydrogen-bond donors (Lipinski definition) is 4. The Bertz CT molecular complexity index is 792. The van der Waals surface area contributed by atoms with Crippen LogP contribution < -0.4 is 21.3 Å². The summed E-state index contributed by atoms with van der Waals surface area (Å²) in [6.07, 6.45) is 17.9. The molecule has 2 saturated carbocycles. The minimum atomic E-state index is 0.591. The molecule has 1 aromatic carbocycles. The predicted molar refractivity (Wildman–Crippen MR) is 233 cm³/mol. The van der Waals surface area contributed by atoms with Gasteiger partial charge < -0.3 is 21.3 Å². The van der Waals surface area contributed by atoms with E-state index in [4.69, 9.17) is 0 Å². The number of nitrogens with zero attached hydrogens (tertiary/aromatic N) is 1. The largest absolute Gasteiger partial charge is 0.315 e. The van der Waals surface area contributed by atoms with E-state index in [-0.39, 0.29) is 0 Å². The highest BCUT2D eigenvalue weighted by Crippen LogP contribution is 2.25. The molecule has 4 N–H and O–H groups in total. The Morgan fingerprint density at radius 2 is 1.04 bits per heavy atom. The van der Waals surface area contributed by atoms with Crippen molar-refractivity contribution in [1.29, 1.82) is 0 Å². The first-order chi connectivity index (χ1) is 24.1. The van der Waals surface area contributed by atoms with Crippen LogP contribution in [0.5, 0.6) is 0 Å². The molecule has 0 spiro atoms. The second-order valence-corrected chi connectivity index (χ2v) is 17.3. The van der Waals surface area contributed by atoms with Gasteiger partial charge in [0.2, 0.25) is 0 Å². The zero-order valence-electron chi connectivity index (χ0n) is 37.3. The third-order valence-corrected chi connectivity index (χ3v) is 9.28. The van der Waals surface area contributed by atoms with E-state index in [1.165, 1.54) is 89.2 Å². The molecule has 0 amide bonds. The highest BCUT2D eigenvalue weighted by Gasteiger charge is 2.24. The van der Waals surface area contributed by atoms with Gasteiger partial charge in [0.1, 0.15) is 0 Å². The van der Waals surface area contributed by atoms with Crippen LogP contribution in [0.1, 0.15) is 186 Å². The van der Waals surface area contributed by atoms with Crippen LogP contribution in [0.15, 0.2) is 30.3 Å². The summed E-state index contributed by atoms with van der Waals surface area (Å²) in [6, 6.07) is 16.3. The Morgan fingerprint density at radius 1 is 0.569 bits per heavy atom. The maximum absolute atomic E-state index is 3.54. The second kappa shape index (κ2) is 34.8. The quantitative estimate of drug-likeness (QED) is 0.121. The van der Waals surface area contributed by atoms with Crippen molar-refractivity contribution >= 4 is 0 Å². The van der Waals surface area contributed by atoms with Crippen LogP contribution in [0, 0.1) is 5.92 Å². The fraction of sp³-hybridized carbons (Fsp3) is 0.870. The van der Waals surface area contributed by atoms with Gasteiger partial charge in [0.15, 0.2) is 0 Å². The lowest BCUT2D eigenvalue weighted by molar-refractivity contribution is 0.0864. The van der Waals surface area contributed by atoms with E-state index >= 15 is 0 Å². The van der Waals surface area contributed by atoms with Crippen molar-refractivity contribution < 1.29 is 0 Å². The van der Waals surface area contributed by atoms with Gasteiger partial charge >= 0.3 is 0 Å². The van der Waals surface area contributed by atoms with Gasteiger partial charge in [-0.25, -0.2) is 0 Å². The molecule has 2 aliphatic rings. The molecule has 0 aromatic heterocycles. The molecule has 0 bridgehead atoms. The molecule has 1 aromatic rings. The summed E-state index contributed by atoms with van der Waals surface area (Å²) in [4.78, 5) is 2.69. The number of unbranched alkanes of at least 4 members (excludes halogenated alkanes) is 1. The van der Waals surface area contributed by atoms with Gasteiger partial charge in [-0.15, -0.1) is 0 Å². The van der Waals surface area contributed by atoms with Crippen molar-refractivity contribution in [1.82, 2.24) is 26.2 Å². The fourth-order valence-corrected chi connectivity index (χ4v) is 6.76. The number of hydrogen-bond acceptors (Lipinski definition) is 5. The van der Waals surface area contributed by atoms with Gasteiger partial charge in [0.05, 0.1) is 0 Å². The van der Waals surface area contributed by atoms with E-state index in [1.807, 2.05) is 0 Å². The predicted octanol–water partition coefficient (Wildman–Crippen LogP) is 11.4. The average Bonchev–Trinajstić information content (AvgIpc) is 3.55. The van der Waals surface area contributed by atoms with Crippen LogP contribution >= 0.6 is 0 Å². The molecule has 0 aliphatic heterocycles. The summed E-state index contributed by atoms with van der Waals surface area (Å²) in [6.45, 7) is 36.9. The topological polar surface area (TPSA) is 51.4 Å². The van der Waals surface area contributed by atoms with Gasteiger partial charge in [-0.1, -0.05) is 145 Å². The SMILES string of the molecule is CC(C)CCNC(C)C.CC(C)N(C(C)C)C1CCCCC1.CC(C)NC1CCCC1.CC(C)NCCc1ccccc1.CCCCNC(C)C. The van der Waals surface area contributed by atoms with Crippen LogP contribution in [-0.4, -0.2) is 72.9 Å². The Balaban J connectivity index is 0. The molecular formula is C46H95N5. The third kappa shape index (κ3) is 35.8. The van der Waals surface area contributed by atoms with Crippen LogP contribution in [0.2, 0.25) is 0 Å². The minimum absolute atomic E-state index is 0.591. The van der Waals surface area contributed by atoms with E-state index in [2.05, 4.69) is 160 Å². The summed E-state index contributed by atoms with van der Waals surface area (Å²) in [7, 11) is 0. The maximum atomic E-state index is 3.54. The Morgan fingerprint density at radius 3 is 1.47 bits per heavy atom. The molecule has 0 unspecified atom stereocenters. The molecule has 2 aliphatic carbocycles. The zero-order valence-corrected chi connectivity index (χ0v) is 37.3. The first kappa shape index (κ1) is 52.1. The van der Waals surface area contributed by atoms with Crippen LogP contribution in [0.25, 0.3) is 0 Å². The Hall–Kier alpha value is -0.980. The minimum Gasteiger partial charge on any atom is -0.315 e. The third-order valence-electron chi connectivity index (χ3n) is 9.28. The second-order valence-electron chi connectivity index (χ2n) is 17.3. The molecule has 5 heteroatoms. The monoisotopic (exact) mass is 718 g/mol. The number of rotatable bonds is 17. The van der Waals surface area contributed by atoms with Crippen molar-refractivity contribution in [3.8, 4) is 0 Å². The molecule has 0 heterocycles. The summed E-state index contributed by atoms with van der Waals surface area (Å²) >= 11 is 0. The van der Waals surface area contributed by atoms with E-state index < -0.39 is 0 Å². The van der Waals surface area contributed by atoms with Crippen LogP contribution in [-0.2, 0) is 6.42 Å². The molecule has 5 nitrogen and oxygen atoms in total. The Labute approximate surface area is 322 Å². The average molecular weight is 718 g/mol. The highest BCUT2D eigenvalue weighted by atomic mass is 15.2. The first-order valence-corrected chi connectivity index (χ1v) is 21.9. The summed E-state index contributed by atoms with van der Waals surface area (Å²) < 4.78 is 0. The summed E-state index contributed by atoms with van der Waals surface area (Å²) in [5.74, 6) is 0.830.